The molecule has 0 bridgehead atoms. The molecule has 394 valence electrons. The van der Waals surface area contributed by atoms with Gasteiger partial charge in [-0.2, -0.15) is 39.5 Å². The average molecular weight is 1110 g/mol. The number of rotatable bonds is 7. The Morgan fingerprint density at radius 1 is 0.314 bits per heavy atom. The van der Waals surface area contributed by atoms with E-state index in [-0.39, 0.29) is 73.1 Å². The van der Waals surface area contributed by atoms with E-state index in [0.717, 1.165) is 6.07 Å². The Morgan fingerprint density at radius 3 is 1.02 bits per heavy atom. The molecule has 0 radical (unpaired) electrons. The zero-order chi connectivity index (χ0) is 60.1. The number of benzene rings is 10. The van der Waals surface area contributed by atoms with Gasteiger partial charge in [0.15, 0.2) is 28.4 Å². The van der Waals surface area contributed by atoms with E-state index in [1.54, 1.807) is 54.6 Å². The number of nitriles is 5. The Morgan fingerprint density at radius 2 is 0.663 bits per heavy atom. The van der Waals surface area contributed by atoms with Gasteiger partial charge in [-0.15, -0.1) is 0 Å². The summed E-state index contributed by atoms with van der Waals surface area (Å²) in [6.45, 7) is 40.0. The first-order chi connectivity index (χ1) is 41.7. The average Bonchev–Trinajstić information content (AvgIpc) is 1.59. The van der Waals surface area contributed by atoms with E-state index in [4.69, 9.17) is 32.9 Å². The van der Waals surface area contributed by atoms with Gasteiger partial charge in [-0.1, -0.05) is 48.5 Å². The second-order valence-corrected chi connectivity index (χ2v) is 19.9. The molecule has 0 aliphatic carbocycles. The van der Waals surface area contributed by atoms with Gasteiger partial charge in [-0.05, 0) is 183 Å². The summed E-state index contributed by atoms with van der Waals surface area (Å²) in [4.78, 5) is 18.4. The highest BCUT2D eigenvalue weighted by Crippen LogP contribution is 2.48. The highest BCUT2D eigenvalue weighted by molar-refractivity contribution is 6.15. The fourth-order valence-electron chi connectivity index (χ4n) is 11.2. The molecule has 0 N–H and O–H groups in total. The number of hydrogen-bond donors (Lipinski definition) is 0. The third-order valence-corrected chi connectivity index (χ3v) is 15.0. The first-order valence-corrected chi connectivity index (χ1v) is 25.8. The van der Waals surface area contributed by atoms with Crippen LogP contribution in [-0.4, -0.2) is 9.13 Å². The molecule has 0 amide bonds. The molecule has 0 atom stereocenters. The number of hydrogen-bond acceptors (Lipinski definition) is 5. The zero-order valence-electron chi connectivity index (χ0n) is 44.2. The molecule has 12 aromatic rings. The van der Waals surface area contributed by atoms with Crippen LogP contribution in [0.5, 0.6) is 0 Å². The molecule has 0 aliphatic rings. The van der Waals surface area contributed by atoms with Crippen molar-refractivity contribution in [2.45, 2.75) is 6.18 Å². The number of fused-ring (bicyclic) bond motifs is 6. The minimum Gasteiger partial charge on any atom is -0.308 e. The Hall–Kier alpha value is -13.5. The molecule has 2 aromatic heterocycles. The third kappa shape index (κ3) is 9.09. The van der Waals surface area contributed by atoms with Crippen molar-refractivity contribution < 1.29 is 13.2 Å². The van der Waals surface area contributed by atoms with Crippen LogP contribution in [0.1, 0.15) is 33.4 Å². The van der Waals surface area contributed by atoms with Crippen molar-refractivity contribution >= 4 is 72.0 Å². The van der Waals surface area contributed by atoms with Gasteiger partial charge in [0.1, 0.15) is 0 Å². The fraction of sp³-hybridized carbons (Fsp3) is 0.0141. The monoisotopic (exact) mass is 1110 g/mol. The lowest BCUT2D eigenvalue weighted by Gasteiger charge is -2.21. The molecule has 15 heteroatoms. The van der Waals surface area contributed by atoms with Gasteiger partial charge < -0.3 is 9.13 Å². The van der Waals surface area contributed by atoms with Gasteiger partial charge in [0.05, 0.1) is 119 Å². The van der Waals surface area contributed by atoms with Crippen molar-refractivity contribution in [2.75, 3.05) is 0 Å². The fourth-order valence-corrected chi connectivity index (χ4v) is 11.2. The van der Waals surface area contributed by atoms with Crippen LogP contribution in [0.15, 0.2) is 176 Å². The molecule has 12 nitrogen and oxygen atoms in total. The van der Waals surface area contributed by atoms with Crippen molar-refractivity contribution in [2.24, 2.45) is 0 Å². The summed E-state index contributed by atoms with van der Waals surface area (Å²) in [5.41, 5.74) is 7.44. The standard InChI is InChI=1S/C71H29F3N12/c1-80-53-21-43(38-78)19-50(24-53)46-8-13-66-60(29-46)59-28-45(49-17-41(36-76)16-42(18-49)37-77)7-12-65(59)85(66)69-33-58(57-11-6-40(35-75)23-63(57)71(72,73)74)64(84-5)34-70(69)86-67-14-9-47(51-20-44(39-79)22-54(25-51)81-2)30-61(67)62-31-48(10-15-68(62)86)52-26-55(82-3)32-56(27-52)83-4/h6-34H. The maximum Gasteiger partial charge on any atom is 0.417 e. The lowest BCUT2D eigenvalue weighted by molar-refractivity contribution is -0.137. The molecule has 2 heterocycles. The van der Waals surface area contributed by atoms with E-state index in [1.807, 2.05) is 81.9 Å². The maximum absolute atomic E-state index is 15.4. The van der Waals surface area contributed by atoms with E-state index in [0.29, 0.717) is 93.8 Å². The van der Waals surface area contributed by atoms with E-state index >= 15 is 13.2 Å². The van der Waals surface area contributed by atoms with Crippen LogP contribution in [0.3, 0.4) is 0 Å². The van der Waals surface area contributed by atoms with Crippen molar-refractivity contribution in [1.82, 2.24) is 9.13 Å². The lowest BCUT2D eigenvalue weighted by atomic mass is 9.94. The van der Waals surface area contributed by atoms with Gasteiger partial charge in [0, 0.05) is 32.7 Å². The van der Waals surface area contributed by atoms with E-state index in [1.165, 1.54) is 48.5 Å². The van der Waals surface area contributed by atoms with Crippen LogP contribution in [0.2, 0.25) is 0 Å². The number of aromatic nitrogens is 2. The Bertz CT molecular complexity index is 5100. The normalized spacial score (nSPS) is 10.8. The predicted octanol–water partition coefficient (Wildman–Crippen LogP) is 19.3. The Kier molecular flexibility index (Phi) is 12.9. The number of nitrogens with zero attached hydrogens (tertiary/aromatic N) is 12. The Labute approximate surface area is 488 Å². The third-order valence-electron chi connectivity index (χ3n) is 15.0. The molecule has 0 saturated carbocycles. The number of halogens is 3. The zero-order valence-corrected chi connectivity index (χ0v) is 44.2. The SMILES string of the molecule is [C-]#[N+]c1cc(C#N)cc(-c2ccc3c(c2)c2cc(-c4cc([N+]#[C-])cc([N+]#[C-])c4)ccc2n3-c2cc([N+]#[C-])c(-c3ccc(C#N)cc3C(F)(F)F)cc2-n2c3ccc(-c4cc(C#N)cc(C#N)c4)cc3c3cc(-c4cc(C#N)cc([N+]#[C-])c4)ccc32)c1. The highest BCUT2D eigenvalue weighted by Gasteiger charge is 2.35. The van der Waals surface area contributed by atoms with Crippen LogP contribution < -0.4 is 0 Å². The first-order valence-electron chi connectivity index (χ1n) is 25.8. The summed E-state index contributed by atoms with van der Waals surface area (Å²) in [6.07, 6.45) is -4.99. The van der Waals surface area contributed by atoms with E-state index < -0.39 is 11.7 Å². The van der Waals surface area contributed by atoms with Crippen molar-refractivity contribution in [3.05, 3.63) is 266 Å². The predicted molar refractivity (Wildman–Crippen MR) is 322 cm³/mol. The molecule has 0 fully saturated rings. The van der Waals surface area contributed by atoms with Gasteiger partial charge in [0.2, 0.25) is 0 Å². The first kappa shape index (κ1) is 53.1. The summed E-state index contributed by atoms with van der Waals surface area (Å²) in [5, 5.41) is 52.4. The van der Waals surface area contributed by atoms with Crippen molar-refractivity contribution in [1.29, 1.82) is 26.3 Å². The molecule has 12 rings (SSSR count). The minimum atomic E-state index is -4.99. The van der Waals surface area contributed by atoms with Crippen molar-refractivity contribution in [3.8, 4) is 97.4 Å². The molecule has 0 aliphatic heterocycles. The Balaban J connectivity index is 1.24. The van der Waals surface area contributed by atoms with Crippen LogP contribution in [0, 0.1) is 89.5 Å². The summed E-state index contributed by atoms with van der Waals surface area (Å²) >= 11 is 0. The largest absolute Gasteiger partial charge is 0.417 e. The van der Waals surface area contributed by atoms with Crippen LogP contribution >= 0.6 is 0 Å². The lowest BCUT2D eigenvalue weighted by Crippen LogP contribution is -2.09. The number of alkyl halides is 3. The molecule has 0 spiro atoms. The van der Waals surface area contributed by atoms with E-state index in [2.05, 4.69) is 48.5 Å². The van der Waals surface area contributed by atoms with Crippen LogP contribution in [-0.2, 0) is 6.18 Å². The molecule has 10 aromatic carbocycles. The summed E-state index contributed by atoms with van der Waals surface area (Å²) in [7, 11) is 0. The van der Waals surface area contributed by atoms with Crippen LogP contribution in [0.25, 0.3) is 135 Å². The van der Waals surface area contributed by atoms with Gasteiger partial charge in [-0.3, -0.25) is 0 Å². The minimum absolute atomic E-state index is 0.107. The second-order valence-electron chi connectivity index (χ2n) is 19.9. The molecule has 0 unspecified atom stereocenters. The van der Waals surface area contributed by atoms with Gasteiger partial charge in [0.25, 0.3) is 0 Å². The molecule has 0 saturated heterocycles. The van der Waals surface area contributed by atoms with Gasteiger partial charge >= 0.3 is 6.18 Å². The summed E-state index contributed by atoms with van der Waals surface area (Å²) in [5.74, 6) is 0. The molecular formula is C71H29F3N12. The van der Waals surface area contributed by atoms with E-state index in [9.17, 15) is 26.3 Å². The maximum atomic E-state index is 15.4. The summed E-state index contributed by atoms with van der Waals surface area (Å²) in [6, 6.07) is 58.1. The highest BCUT2D eigenvalue weighted by atomic mass is 19.4. The summed E-state index contributed by atoms with van der Waals surface area (Å²) < 4.78 is 50.1. The molecular weight excluding hydrogens is 1080 g/mol. The van der Waals surface area contributed by atoms with Crippen molar-refractivity contribution in [3.63, 3.8) is 0 Å². The smallest absolute Gasteiger partial charge is 0.308 e. The quantitative estimate of drug-likeness (QED) is 0.146. The molecule has 86 heavy (non-hydrogen) atoms. The topological polar surface area (TPSA) is 151 Å². The van der Waals surface area contributed by atoms with Gasteiger partial charge in [-0.25, -0.2) is 24.2 Å². The second kappa shape index (κ2) is 20.9. The van der Waals surface area contributed by atoms with Crippen LogP contribution in [0.4, 0.5) is 41.6 Å².